The van der Waals surface area contributed by atoms with Gasteiger partial charge in [-0.05, 0) is 35.4 Å². The molecule has 0 saturated carbocycles. The van der Waals surface area contributed by atoms with E-state index in [-0.39, 0.29) is 5.95 Å². The number of hydrogen-bond donors (Lipinski definition) is 2. The summed E-state index contributed by atoms with van der Waals surface area (Å²) in [5.74, 6) is 0.609. The Hall–Kier alpha value is -3.79. The van der Waals surface area contributed by atoms with Crippen molar-refractivity contribution in [3.05, 3.63) is 60.3 Å². The number of piperazine rings is 1. The lowest BCUT2D eigenvalue weighted by Crippen LogP contribution is -2.46. The van der Waals surface area contributed by atoms with Crippen LogP contribution in [0.5, 0.6) is 0 Å². The molecule has 0 spiro atoms. The number of anilines is 4. The normalized spacial score (nSPS) is 14.0. The van der Waals surface area contributed by atoms with Crippen LogP contribution in [-0.2, 0) is 0 Å². The summed E-state index contributed by atoms with van der Waals surface area (Å²) in [6.45, 7) is 3.38. The molecule has 1 fully saturated rings. The largest absolute Gasteiger partial charge is 0.382 e. The van der Waals surface area contributed by atoms with E-state index in [2.05, 4.69) is 50.1 Å². The van der Waals surface area contributed by atoms with E-state index in [4.69, 9.17) is 16.7 Å². The molecule has 1 saturated heterocycles. The summed E-state index contributed by atoms with van der Waals surface area (Å²) in [4.78, 5) is 12.6. The summed E-state index contributed by atoms with van der Waals surface area (Å²) in [5.41, 5.74) is 16.4. The minimum Gasteiger partial charge on any atom is -0.382 e. The van der Waals surface area contributed by atoms with Gasteiger partial charge in [-0.3, -0.25) is 0 Å². The smallest absolute Gasteiger partial charge is 0.222 e. The molecule has 4 rings (SSSR count). The Kier molecular flexibility index (Phi) is 4.68. The summed E-state index contributed by atoms with van der Waals surface area (Å²) < 4.78 is 0. The van der Waals surface area contributed by atoms with Crippen molar-refractivity contribution in [1.29, 1.82) is 5.26 Å². The van der Waals surface area contributed by atoms with E-state index in [1.165, 1.54) is 5.69 Å². The van der Waals surface area contributed by atoms with Crippen LogP contribution in [0, 0.1) is 11.3 Å². The second-order valence-electron chi connectivity index (χ2n) is 6.72. The molecule has 2 heterocycles. The summed E-state index contributed by atoms with van der Waals surface area (Å²) >= 11 is 0. The zero-order valence-electron chi connectivity index (χ0n) is 15.4. The fourth-order valence-electron chi connectivity index (χ4n) is 3.50. The van der Waals surface area contributed by atoms with Gasteiger partial charge in [0, 0.05) is 31.9 Å². The first-order chi connectivity index (χ1) is 13.6. The van der Waals surface area contributed by atoms with E-state index in [1.807, 2.05) is 24.3 Å². The standard InChI is InChI=1S/C21H21N7/c22-13-15-3-1-4-16(11-15)17-5-2-6-18(12-17)27-7-9-28(10-8-27)19-14-25-21(24)26-20(19)23/h1-6,11-12,14H,7-10H2,(H4,23,24,25,26). The zero-order chi connectivity index (χ0) is 19.5. The molecule has 1 aromatic heterocycles. The van der Waals surface area contributed by atoms with Gasteiger partial charge in [0.25, 0.3) is 0 Å². The summed E-state index contributed by atoms with van der Waals surface area (Å²) in [7, 11) is 0. The molecule has 140 valence electrons. The Labute approximate surface area is 163 Å². The van der Waals surface area contributed by atoms with E-state index in [0.29, 0.717) is 11.4 Å². The first-order valence-corrected chi connectivity index (χ1v) is 9.12. The van der Waals surface area contributed by atoms with Crippen LogP contribution in [0.3, 0.4) is 0 Å². The highest BCUT2D eigenvalue weighted by molar-refractivity contribution is 5.70. The van der Waals surface area contributed by atoms with Gasteiger partial charge in [0.15, 0.2) is 5.82 Å². The number of hydrogen-bond acceptors (Lipinski definition) is 7. The first kappa shape index (κ1) is 17.6. The van der Waals surface area contributed by atoms with Gasteiger partial charge < -0.3 is 21.3 Å². The summed E-state index contributed by atoms with van der Waals surface area (Å²) in [5, 5.41) is 9.13. The highest BCUT2D eigenvalue weighted by Crippen LogP contribution is 2.28. The second-order valence-corrected chi connectivity index (χ2v) is 6.72. The molecule has 0 aliphatic carbocycles. The number of nitriles is 1. The van der Waals surface area contributed by atoms with Crippen molar-refractivity contribution in [3.8, 4) is 17.2 Å². The highest BCUT2D eigenvalue weighted by Gasteiger charge is 2.20. The Bertz CT molecular complexity index is 1030. The number of benzene rings is 2. The first-order valence-electron chi connectivity index (χ1n) is 9.12. The molecule has 1 aliphatic rings. The molecule has 0 bridgehead atoms. The molecule has 3 aromatic rings. The van der Waals surface area contributed by atoms with Crippen LogP contribution in [0.15, 0.2) is 54.7 Å². The third-order valence-electron chi connectivity index (χ3n) is 4.97. The van der Waals surface area contributed by atoms with Crippen molar-refractivity contribution in [2.24, 2.45) is 0 Å². The van der Waals surface area contributed by atoms with Crippen LogP contribution in [0.2, 0.25) is 0 Å². The van der Waals surface area contributed by atoms with Crippen LogP contribution < -0.4 is 21.3 Å². The molecule has 0 radical (unpaired) electrons. The van der Waals surface area contributed by atoms with Crippen molar-refractivity contribution in [1.82, 2.24) is 9.97 Å². The zero-order valence-corrected chi connectivity index (χ0v) is 15.4. The molecular weight excluding hydrogens is 350 g/mol. The minimum absolute atomic E-state index is 0.192. The van der Waals surface area contributed by atoms with Gasteiger partial charge in [-0.1, -0.05) is 24.3 Å². The van der Waals surface area contributed by atoms with Crippen LogP contribution in [0.1, 0.15) is 5.56 Å². The maximum Gasteiger partial charge on any atom is 0.222 e. The lowest BCUT2D eigenvalue weighted by atomic mass is 10.0. The van der Waals surface area contributed by atoms with Gasteiger partial charge in [0.05, 0.1) is 23.5 Å². The van der Waals surface area contributed by atoms with E-state index in [1.54, 1.807) is 6.20 Å². The van der Waals surface area contributed by atoms with Crippen molar-refractivity contribution < 1.29 is 0 Å². The van der Waals surface area contributed by atoms with Gasteiger partial charge in [-0.25, -0.2) is 4.98 Å². The van der Waals surface area contributed by atoms with Crippen molar-refractivity contribution in [2.45, 2.75) is 0 Å². The van der Waals surface area contributed by atoms with Crippen molar-refractivity contribution in [2.75, 3.05) is 47.4 Å². The van der Waals surface area contributed by atoms with E-state index < -0.39 is 0 Å². The predicted molar refractivity (Wildman–Crippen MR) is 112 cm³/mol. The number of nitrogens with zero attached hydrogens (tertiary/aromatic N) is 5. The summed E-state index contributed by atoms with van der Waals surface area (Å²) in [6, 6.07) is 18.3. The molecule has 0 amide bonds. The van der Waals surface area contributed by atoms with E-state index in [0.717, 1.165) is 43.0 Å². The molecule has 0 unspecified atom stereocenters. The van der Waals surface area contributed by atoms with Crippen LogP contribution >= 0.6 is 0 Å². The average molecular weight is 371 g/mol. The fourth-order valence-corrected chi connectivity index (χ4v) is 3.50. The predicted octanol–water partition coefficient (Wildman–Crippen LogP) is 2.51. The van der Waals surface area contributed by atoms with Crippen LogP contribution in [-0.4, -0.2) is 36.1 Å². The number of nitrogens with two attached hydrogens (primary N) is 2. The third kappa shape index (κ3) is 3.53. The van der Waals surface area contributed by atoms with E-state index in [9.17, 15) is 0 Å². The van der Waals surface area contributed by atoms with Crippen molar-refractivity contribution >= 4 is 23.1 Å². The van der Waals surface area contributed by atoms with E-state index >= 15 is 0 Å². The van der Waals surface area contributed by atoms with Gasteiger partial charge in [-0.15, -0.1) is 0 Å². The molecule has 7 heteroatoms. The second kappa shape index (κ2) is 7.45. The molecule has 0 atom stereocenters. The maximum absolute atomic E-state index is 9.13. The SMILES string of the molecule is N#Cc1cccc(-c2cccc(N3CCN(c4cnc(N)nc4N)CC3)c2)c1. The number of rotatable bonds is 3. The molecule has 2 aromatic carbocycles. The molecule has 7 nitrogen and oxygen atoms in total. The Balaban J connectivity index is 1.50. The highest BCUT2D eigenvalue weighted by atomic mass is 15.3. The van der Waals surface area contributed by atoms with Crippen LogP contribution in [0.25, 0.3) is 11.1 Å². The molecular formula is C21H21N7. The number of aromatic nitrogens is 2. The van der Waals surface area contributed by atoms with Crippen LogP contribution in [0.4, 0.5) is 23.1 Å². The van der Waals surface area contributed by atoms with Crippen molar-refractivity contribution in [3.63, 3.8) is 0 Å². The lowest BCUT2D eigenvalue weighted by Gasteiger charge is -2.37. The fraction of sp³-hybridized carbons (Fsp3) is 0.190. The average Bonchev–Trinajstić information content (AvgIpc) is 2.74. The molecule has 28 heavy (non-hydrogen) atoms. The van der Waals surface area contributed by atoms with Gasteiger partial charge in [0.1, 0.15) is 0 Å². The monoisotopic (exact) mass is 371 g/mol. The van der Waals surface area contributed by atoms with Gasteiger partial charge in [0.2, 0.25) is 5.95 Å². The minimum atomic E-state index is 0.192. The Morgan fingerprint density at radius 2 is 1.57 bits per heavy atom. The number of nitrogen functional groups attached to an aromatic ring is 2. The lowest BCUT2D eigenvalue weighted by molar-refractivity contribution is 0.652. The Morgan fingerprint density at radius 3 is 2.29 bits per heavy atom. The quantitative estimate of drug-likeness (QED) is 0.728. The van der Waals surface area contributed by atoms with Gasteiger partial charge in [-0.2, -0.15) is 10.2 Å². The third-order valence-corrected chi connectivity index (χ3v) is 4.97. The molecule has 4 N–H and O–H groups in total. The summed E-state index contributed by atoms with van der Waals surface area (Å²) in [6.07, 6.45) is 1.69. The van der Waals surface area contributed by atoms with Gasteiger partial charge >= 0.3 is 0 Å². The molecule has 1 aliphatic heterocycles. The maximum atomic E-state index is 9.13. The topological polar surface area (TPSA) is 108 Å². The Morgan fingerprint density at radius 1 is 0.893 bits per heavy atom.